The maximum absolute atomic E-state index is 11.9. The van der Waals surface area contributed by atoms with Gasteiger partial charge in [0.05, 0.1) is 10.5 Å². The van der Waals surface area contributed by atoms with Crippen molar-refractivity contribution in [3.8, 4) is 0 Å². The highest BCUT2D eigenvalue weighted by atomic mass is 32.2. The maximum atomic E-state index is 11.9. The van der Waals surface area contributed by atoms with Gasteiger partial charge in [0.15, 0.2) is 0 Å². The van der Waals surface area contributed by atoms with Crippen molar-refractivity contribution < 1.29 is 24.4 Å². The van der Waals surface area contributed by atoms with Gasteiger partial charge in [0.1, 0.15) is 0 Å². The van der Waals surface area contributed by atoms with E-state index in [0.717, 1.165) is 11.6 Å². The van der Waals surface area contributed by atoms with E-state index in [-0.39, 0.29) is 11.3 Å². The third-order valence-corrected chi connectivity index (χ3v) is 4.84. The number of nitro benzene ring substituents is 1. The largest absolute Gasteiger partial charge is 0.483 e. The topological polar surface area (TPSA) is 121 Å². The molecule has 120 valence electrons. The Kier molecular flexibility index (Phi) is 5.46. The first-order chi connectivity index (χ1) is 10.8. The van der Waals surface area contributed by atoms with Crippen LogP contribution in [0.2, 0.25) is 0 Å². The number of nitro groups is 1. The molecule has 0 atom stereocenters. The van der Waals surface area contributed by atoms with Crippen LogP contribution in [0.4, 0.5) is 5.69 Å². The van der Waals surface area contributed by atoms with Crippen LogP contribution in [0.25, 0.3) is 0 Å². The van der Waals surface area contributed by atoms with E-state index in [0.29, 0.717) is 10.6 Å². The summed E-state index contributed by atoms with van der Waals surface area (Å²) in [6.45, 7) is 0. The lowest BCUT2D eigenvalue weighted by Gasteiger charge is -2.08. The molecule has 0 saturated carbocycles. The van der Waals surface area contributed by atoms with E-state index in [2.05, 4.69) is 0 Å². The molecule has 0 heterocycles. The summed E-state index contributed by atoms with van der Waals surface area (Å²) in [7, 11) is -4.78. The predicted molar refractivity (Wildman–Crippen MR) is 87.0 cm³/mol. The normalized spacial score (nSPS) is 11.3. The Morgan fingerprint density at radius 1 is 1.13 bits per heavy atom. The Labute approximate surface area is 136 Å². The molecular formula is C14H13NO6PS+. The Bertz CT molecular complexity index is 732. The van der Waals surface area contributed by atoms with Crippen LogP contribution in [0.15, 0.2) is 53.4 Å². The Morgan fingerprint density at radius 3 is 2.35 bits per heavy atom. The summed E-state index contributed by atoms with van der Waals surface area (Å²) in [6, 6.07) is 12.8. The van der Waals surface area contributed by atoms with Crippen molar-refractivity contribution in [1.29, 1.82) is 0 Å². The van der Waals surface area contributed by atoms with Crippen molar-refractivity contribution in [3.63, 3.8) is 0 Å². The third-order valence-electron chi connectivity index (χ3n) is 2.91. The second-order valence-electron chi connectivity index (χ2n) is 4.59. The van der Waals surface area contributed by atoms with Crippen molar-refractivity contribution in [2.45, 2.75) is 10.6 Å². The zero-order chi connectivity index (χ0) is 17.0. The van der Waals surface area contributed by atoms with Gasteiger partial charge in [-0.25, -0.2) is 4.79 Å². The van der Waals surface area contributed by atoms with Crippen molar-refractivity contribution in [1.82, 2.24) is 0 Å². The van der Waals surface area contributed by atoms with E-state index < -0.39 is 18.4 Å². The highest BCUT2D eigenvalue weighted by molar-refractivity contribution is 7.98. The van der Waals surface area contributed by atoms with Gasteiger partial charge in [-0.1, -0.05) is 30.3 Å². The zero-order valence-electron chi connectivity index (χ0n) is 11.7. The first-order valence-corrected chi connectivity index (χ1v) is 8.99. The van der Waals surface area contributed by atoms with Crippen LogP contribution in [0.1, 0.15) is 15.9 Å². The summed E-state index contributed by atoms with van der Waals surface area (Å²) >= 11 is 1.21. The van der Waals surface area contributed by atoms with E-state index in [9.17, 15) is 29.6 Å². The molecular weight excluding hydrogens is 341 g/mol. The standard InChI is InChI=1S/C14H13NO6PS/c16-14(22(19,20)21)12-8-11(15(17)18)6-7-13(12)23-9-10-4-2-1-3-5-10/h1-8,19-21H,9H2/q+1. The number of carbonyl (C=O) groups is 1. The number of rotatable bonds is 6. The molecule has 2 aromatic carbocycles. The molecule has 0 aliphatic rings. The number of non-ortho nitro benzene ring substituents is 1. The lowest BCUT2D eigenvalue weighted by atomic mass is 10.2. The second-order valence-corrected chi connectivity index (χ2v) is 7.15. The number of thioether (sulfide) groups is 1. The summed E-state index contributed by atoms with van der Waals surface area (Å²) in [4.78, 5) is 49.9. The van der Waals surface area contributed by atoms with Crippen LogP contribution >= 0.6 is 19.7 Å². The molecule has 0 spiro atoms. The zero-order valence-corrected chi connectivity index (χ0v) is 13.4. The molecule has 9 heteroatoms. The Hall–Kier alpha value is -1.83. The molecule has 0 saturated heterocycles. The minimum atomic E-state index is -4.78. The highest BCUT2D eigenvalue weighted by Gasteiger charge is 2.45. The molecule has 0 unspecified atom stereocenters. The molecule has 2 aromatic rings. The van der Waals surface area contributed by atoms with Gasteiger partial charge in [-0.15, -0.1) is 11.8 Å². The average molecular weight is 354 g/mol. The van der Waals surface area contributed by atoms with Gasteiger partial charge < -0.3 is 0 Å². The fourth-order valence-electron chi connectivity index (χ4n) is 1.82. The van der Waals surface area contributed by atoms with Crippen molar-refractivity contribution in [2.24, 2.45) is 0 Å². The van der Waals surface area contributed by atoms with E-state index >= 15 is 0 Å². The molecule has 0 fully saturated rings. The lowest BCUT2D eigenvalue weighted by molar-refractivity contribution is -0.384. The SMILES string of the molecule is O=C(c1cc([N+](=O)[O-])ccc1SCc1ccccc1)[P+](O)(O)O. The molecule has 0 aliphatic heterocycles. The highest BCUT2D eigenvalue weighted by Crippen LogP contribution is 2.50. The minimum Gasteiger partial charge on any atom is -0.258 e. The molecule has 0 radical (unpaired) electrons. The van der Waals surface area contributed by atoms with Crippen molar-refractivity contribution >= 4 is 30.9 Å². The molecule has 23 heavy (non-hydrogen) atoms. The summed E-state index contributed by atoms with van der Waals surface area (Å²) in [5.74, 6) is 0.479. The first kappa shape index (κ1) is 17.5. The van der Waals surface area contributed by atoms with Gasteiger partial charge >= 0.3 is 13.5 Å². The number of hydrogen-bond donors (Lipinski definition) is 3. The number of nitrogens with zero attached hydrogens (tertiary/aromatic N) is 1. The van der Waals surface area contributed by atoms with Gasteiger partial charge in [0.25, 0.3) is 5.69 Å². The quantitative estimate of drug-likeness (QED) is 0.316. The van der Waals surface area contributed by atoms with Crippen LogP contribution in [0.5, 0.6) is 0 Å². The lowest BCUT2D eigenvalue weighted by Crippen LogP contribution is -2.07. The minimum absolute atomic E-state index is 0.277. The molecule has 3 N–H and O–H groups in total. The van der Waals surface area contributed by atoms with Crippen molar-refractivity contribution in [3.05, 3.63) is 69.8 Å². The van der Waals surface area contributed by atoms with Crippen molar-refractivity contribution in [2.75, 3.05) is 0 Å². The molecule has 0 bridgehead atoms. The van der Waals surface area contributed by atoms with E-state index in [1.165, 1.54) is 23.9 Å². The predicted octanol–water partition coefficient (Wildman–Crippen LogP) is 2.77. The fourth-order valence-corrected chi connectivity index (χ4v) is 3.39. The number of hydrogen-bond acceptors (Lipinski definition) is 7. The molecule has 0 aromatic heterocycles. The third kappa shape index (κ3) is 4.57. The van der Waals surface area contributed by atoms with Gasteiger partial charge in [-0.3, -0.25) is 10.1 Å². The molecule has 2 rings (SSSR count). The van der Waals surface area contributed by atoms with Crippen LogP contribution in [0.3, 0.4) is 0 Å². The van der Waals surface area contributed by atoms with Crippen LogP contribution in [0, 0.1) is 10.1 Å². The first-order valence-electron chi connectivity index (χ1n) is 6.36. The smallest absolute Gasteiger partial charge is 0.258 e. The maximum Gasteiger partial charge on any atom is 0.483 e. The van der Waals surface area contributed by atoms with Crippen LogP contribution < -0.4 is 0 Å². The van der Waals surface area contributed by atoms with E-state index in [4.69, 9.17) is 0 Å². The summed E-state index contributed by atoms with van der Waals surface area (Å²) in [5, 5.41) is 10.8. The van der Waals surface area contributed by atoms with E-state index in [1.807, 2.05) is 30.3 Å². The Balaban J connectivity index is 2.34. The van der Waals surface area contributed by atoms with Gasteiger partial charge in [-0.2, -0.15) is 14.7 Å². The number of benzene rings is 2. The van der Waals surface area contributed by atoms with Crippen LogP contribution in [-0.2, 0) is 5.75 Å². The molecule has 7 nitrogen and oxygen atoms in total. The molecule has 0 amide bonds. The van der Waals surface area contributed by atoms with Gasteiger partial charge in [-0.05, 0) is 11.6 Å². The second kappa shape index (κ2) is 7.16. The monoisotopic (exact) mass is 354 g/mol. The summed E-state index contributed by atoms with van der Waals surface area (Å²) < 4.78 is 0. The number of carbonyl (C=O) groups excluding carboxylic acids is 1. The summed E-state index contributed by atoms with van der Waals surface area (Å²) in [6.07, 6.45) is 0. The summed E-state index contributed by atoms with van der Waals surface area (Å²) in [5.41, 5.74) is -0.990. The Morgan fingerprint density at radius 2 is 1.78 bits per heavy atom. The van der Waals surface area contributed by atoms with Gasteiger partial charge in [0, 0.05) is 22.8 Å². The molecule has 0 aliphatic carbocycles. The van der Waals surface area contributed by atoms with E-state index in [1.54, 1.807) is 0 Å². The fraction of sp³-hybridized carbons (Fsp3) is 0.0714. The van der Waals surface area contributed by atoms with Gasteiger partial charge in [0.2, 0.25) is 0 Å². The van der Waals surface area contributed by atoms with Crippen LogP contribution in [-0.4, -0.2) is 25.1 Å². The average Bonchev–Trinajstić information content (AvgIpc) is 2.52.